The number of para-hydroxylation sites is 2. The summed E-state index contributed by atoms with van der Waals surface area (Å²) in [6.07, 6.45) is 0. The minimum atomic E-state index is -2.63. The van der Waals surface area contributed by atoms with Crippen LogP contribution < -0.4 is 20.7 Å². The van der Waals surface area contributed by atoms with E-state index in [2.05, 4.69) is 178 Å². The van der Waals surface area contributed by atoms with Gasteiger partial charge in [0.15, 0.2) is 8.07 Å². The van der Waals surface area contributed by atoms with Crippen LogP contribution in [-0.2, 0) is 0 Å². The Labute approximate surface area is 238 Å². The smallest absolute Gasteiger partial charge is 0.179 e. The van der Waals surface area contributed by atoms with E-state index in [-0.39, 0.29) is 0 Å². The van der Waals surface area contributed by atoms with Crippen LogP contribution in [0.3, 0.4) is 0 Å². The standard InChI is InChI=1S/C36H26BrNSi/c37-33-21-11-13-23-35(33)38-34-22-12-10-20-31(34)32-25-24-30(26-36(32)38)39(27-14-4-1-5-15-27,28-16-6-2-7-17-28)29-18-8-3-9-19-29/h1-26H. The monoisotopic (exact) mass is 579 g/mol. The Kier molecular flexibility index (Phi) is 6.03. The van der Waals surface area contributed by atoms with Crippen molar-refractivity contribution in [3.63, 3.8) is 0 Å². The van der Waals surface area contributed by atoms with E-state index in [0.717, 1.165) is 10.2 Å². The molecule has 0 N–H and O–H groups in total. The Balaban J connectivity index is 1.64. The molecule has 0 bridgehead atoms. The van der Waals surface area contributed by atoms with E-state index < -0.39 is 8.07 Å². The van der Waals surface area contributed by atoms with Crippen molar-refractivity contribution in [1.29, 1.82) is 0 Å². The molecule has 39 heavy (non-hydrogen) atoms. The van der Waals surface area contributed by atoms with Gasteiger partial charge < -0.3 is 4.57 Å². The summed E-state index contributed by atoms with van der Waals surface area (Å²) < 4.78 is 3.49. The largest absolute Gasteiger partial charge is 0.308 e. The molecular formula is C36H26BrNSi. The van der Waals surface area contributed by atoms with Gasteiger partial charge in [-0.1, -0.05) is 133 Å². The zero-order valence-electron chi connectivity index (χ0n) is 21.3. The topological polar surface area (TPSA) is 4.93 Å². The van der Waals surface area contributed by atoms with Crippen LogP contribution in [0.5, 0.6) is 0 Å². The van der Waals surface area contributed by atoms with Gasteiger partial charge >= 0.3 is 0 Å². The van der Waals surface area contributed by atoms with Crippen LogP contribution in [0, 0.1) is 0 Å². The molecule has 0 fully saturated rings. The first kappa shape index (κ1) is 23.9. The number of benzene rings is 6. The minimum absolute atomic E-state index is 1.08. The first-order chi connectivity index (χ1) is 19.3. The van der Waals surface area contributed by atoms with Crippen LogP contribution >= 0.6 is 15.9 Å². The van der Waals surface area contributed by atoms with Crippen molar-refractivity contribution < 1.29 is 0 Å². The highest BCUT2D eigenvalue weighted by molar-refractivity contribution is 9.10. The predicted octanol–water partition coefficient (Wildman–Crippen LogP) is 6.92. The van der Waals surface area contributed by atoms with E-state index in [4.69, 9.17) is 0 Å². The van der Waals surface area contributed by atoms with Crippen molar-refractivity contribution in [3.8, 4) is 5.69 Å². The molecule has 3 heteroatoms. The lowest BCUT2D eigenvalue weighted by Gasteiger charge is -2.34. The number of fused-ring (bicyclic) bond motifs is 3. The van der Waals surface area contributed by atoms with Crippen molar-refractivity contribution in [2.24, 2.45) is 0 Å². The van der Waals surface area contributed by atoms with Gasteiger partial charge in [-0.3, -0.25) is 0 Å². The number of nitrogens with zero attached hydrogens (tertiary/aromatic N) is 1. The van der Waals surface area contributed by atoms with Crippen LogP contribution in [0.15, 0.2) is 162 Å². The van der Waals surface area contributed by atoms with Gasteiger partial charge in [0.2, 0.25) is 0 Å². The highest BCUT2D eigenvalue weighted by atomic mass is 79.9. The van der Waals surface area contributed by atoms with Crippen molar-refractivity contribution >= 4 is 66.6 Å². The molecule has 0 amide bonds. The van der Waals surface area contributed by atoms with Crippen molar-refractivity contribution in [2.75, 3.05) is 0 Å². The third-order valence-electron chi connectivity index (χ3n) is 7.82. The Morgan fingerprint density at radius 3 is 1.49 bits per heavy atom. The maximum Gasteiger partial charge on any atom is 0.179 e. The fourth-order valence-electron chi connectivity index (χ4n) is 6.16. The zero-order valence-corrected chi connectivity index (χ0v) is 23.9. The number of rotatable bonds is 5. The molecule has 0 saturated carbocycles. The molecule has 7 rings (SSSR count). The molecular weight excluding hydrogens is 554 g/mol. The van der Waals surface area contributed by atoms with Gasteiger partial charge in [0.05, 0.1) is 16.7 Å². The van der Waals surface area contributed by atoms with Crippen LogP contribution in [0.1, 0.15) is 0 Å². The molecule has 7 aromatic rings. The molecule has 1 aromatic heterocycles. The van der Waals surface area contributed by atoms with Gasteiger partial charge in [-0.2, -0.15) is 0 Å². The van der Waals surface area contributed by atoms with Gasteiger partial charge in [0, 0.05) is 15.2 Å². The van der Waals surface area contributed by atoms with E-state index in [0.29, 0.717) is 0 Å². The van der Waals surface area contributed by atoms with Crippen molar-refractivity contribution in [3.05, 3.63) is 162 Å². The molecule has 0 radical (unpaired) electrons. The summed E-state index contributed by atoms with van der Waals surface area (Å²) in [5.74, 6) is 0. The second-order valence-electron chi connectivity index (χ2n) is 9.88. The lowest BCUT2D eigenvalue weighted by molar-refractivity contribution is 1.17. The van der Waals surface area contributed by atoms with E-state index in [9.17, 15) is 0 Å². The van der Waals surface area contributed by atoms with Gasteiger partial charge in [0.25, 0.3) is 0 Å². The molecule has 0 saturated heterocycles. The third-order valence-corrected chi connectivity index (χ3v) is 13.3. The van der Waals surface area contributed by atoms with Crippen LogP contribution in [0.2, 0.25) is 0 Å². The highest BCUT2D eigenvalue weighted by Gasteiger charge is 2.41. The first-order valence-corrected chi connectivity index (χ1v) is 16.0. The molecule has 0 aliphatic rings. The second-order valence-corrected chi connectivity index (χ2v) is 14.5. The predicted molar refractivity (Wildman–Crippen MR) is 172 cm³/mol. The number of halogens is 1. The number of aromatic nitrogens is 1. The Morgan fingerprint density at radius 2 is 0.897 bits per heavy atom. The minimum Gasteiger partial charge on any atom is -0.308 e. The van der Waals surface area contributed by atoms with E-state index in [1.165, 1.54) is 42.6 Å². The van der Waals surface area contributed by atoms with Crippen LogP contribution in [0.4, 0.5) is 0 Å². The third kappa shape index (κ3) is 3.81. The zero-order chi connectivity index (χ0) is 26.2. The lowest BCUT2D eigenvalue weighted by atomic mass is 10.1. The fraction of sp³-hybridized carbons (Fsp3) is 0. The van der Waals surface area contributed by atoms with Gasteiger partial charge in [-0.05, 0) is 60.9 Å². The summed E-state index contributed by atoms with van der Waals surface area (Å²) >= 11 is 3.85. The van der Waals surface area contributed by atoms with E-state index in [1.54, 1.807) is 0 Å². The van der Waals surface area contributed by atoms with Crippen LogP contribution in [-0.4, -0.2) is 12.6 Å². The maximum atomic E-state index is 3.85. The lowest BCUT2D eigenvalue weighted by Crippen LogP contribution is -2.74. The molecule has 1 nitrogen and oxygen atoms in total. The Bertz CT molecular complexity index is 1810. The summed E-state index contributed by atoms with van der Waals surface area (Å²) in [6.45, 7) is 0. The summed E-state index contributed by atoms with van der Waals surface area (Å²) in [6, 6.07) is 57.8. The Hall–Kier alpha value is -4.18. The molecule has 0 aliphatic heterocycles. The normalized spacial score (nSPS) is 11.7. The average Bonchev–Trinajstić information content (AvgIpc) is 3.33. The Morgan fingerprint density at radius 1 is 0.410 bits per heavy atom. The maximum absolute atomic E-state index is 3.85. The van der Waals surface area contributed by atoms with Crippen LogP contribution in [0.25, 0.3) is 27.5 Å². The van der Waals surface area contributed by atoms with Gasteiger partial charge in [0.1, 0.15) is 0 Å². The number of hydrogen-bond acceptors (Lipinski definition) is 0. The summed E-state index contributed by atoms with van der Waals surface area (Å²) in [7, 11) is -2.63. The fourth-order valence-corrected chi connectivity index (χ4v) is 11.4. The SMILES string of the molecule is Brc1ccccc1-n1c2ccccc2c2ccc([Si](c3ccccc3)(c3ccccc3)c3ccccc3)cc21. The first-order valence-electron chi connectivity index (χ1n) is 13.2. The number of hydrogen-bond donors (Lipinski definition) is 0. The molecule has 0 atom stereocenters. The molecule has 1 heterocycles. The highest BCUT2D eigenvalue weighted by Crippen LogP contribution is 2.34. The summed E-state index contributed by atoms with van der Waals surface area (Å²) in [4.78, 5) is 0. The van der Waals surface area contributed by atoms with Crippen molar-refractivity contribution in [2.45, 2.75) is 0 Å². The molecule has 186 valence electrons. The molecule has 0 unspecified atom stereocenters. The van der Waals surface area contributed by atoms with E-state index >= 15 is 0 Å². The molecule has 6 aromatic carbocycles. The van der Waals surface area contributed by atoms with E-state index in [1.807, 2.05) is 0 Å². The molecule has 0 spiro atoms. The second kappa shape index (κ2) is 9.85. The average molecular weight is 581 g/mol. The summed E-state index contributed by atoms with van der Waals surface area (Å²) in [5, 5.41) is 8.04. The van der Waals surface area contributed by atoms with Crippen molar-refractivity contribution in [1.82, 2.24) is 4.57 Å². The summed E-state index contributed by atoms with van der Waals surface area (Å²) in [5.41, 5.74) is 3.58. The quantitative estimate of drug-likeness (QED) is 0.154. The van der Waals surface area contributed by atoms with Gasteiger partial charge in [-0.15, -0.1) is 0 Å². The molecule has 0 aliphatic carbocycles. The van der Waals surface area contributed by atoms with Gasteiger partial charge in [-0.25, -0.2) is 0 Å².